The Bertz CT molecular complexity index is 676. The second kappa shape index (κ2) is 6.12. The van der Waals surface area contributed by atoms with Crippen LogP contribution in [-0.4, -0.2) is 66.1 Å². The lowest BCUT2D eigenvalue weighted by Crippen LogP contribution is -2.36. The van der Waals surface area contributed by atoms with Crippen LogP contribution in [0, 0.1) is 11.3 Å². The van der Waals surface area contributed by atoms with E-state index in [9.17, 15) is 13.2 Å². The Morgan fingerprint density at radius 3 is 2.87 bits per heavy atom. The van der Waals surface area contributed by atoms with Gasteiger partial charge in [0.05, 0.1) is 12.8 Å². The van der Waals surface area contributed by atoms with E-state index in [-0.39, 0.29) is 17.8 Å². The molecule has 23 heavy (non-hydrogen) atoms. The third-order valence-corrected chi connectivity index (χ3v) is 6.93. The van der Waals surface area contributed by atoms with Crippen molar-refractivity contribution in [3.63, 3.8) is 0 Å². The van der Waals surface area contributed by atoms with Crippen molar-refractivity contribution in [1.82, 2.24) is 14.2 Å². The molecule has 0 radical (unpaired) electrons. The molecule has 0 amide bonds. The SMILES string of the molecule is CS(=O)(=O)N1CC2CN(Cc3nccs3)CC2(CCC(=O)O)C1. The van der Waals surface area contributed by atoms with Gasteiger partial charge in [-0.1, -0.05) is 0 Å². The van der Waals surface area contributed by atoms with Crippen LogP contribution in [0.1, 0.15) is 17.8 Å². The molecule has 2 aliphatic rings. The Hall–Kier alpha value is -1.03. The van der Waals surface area contributed by atoms with E-state index in [4.69, 9.17) is 5.11 Å². The molecular weight excluding hydrogens is 338 g/mol. The summed E-state index contributed by atoms with van der Waals surface area (Å²) in [7, 11) is -3.23. The van der Waals surface area contributed by atoms with Gasteiger partial charge in [0.2, 0.25) is 10.0 Å². The van der Waals surface area contributed by atoms with Crippen molar-refractivity contribution in [2.24, 2.45) is 11.3 Å². The summed E-state index contributed by atoms with van der Waals surface area (Å²) in [5.41, 5.74) is -0.251. The molecule has 7 nitrogen and oxygen atoms in total. The molecule has 0 spiro atoms. The van der Waals surface area contributed by atoms with E-state index in [1.54, 1.807) is 17.5 Å². The number of sulfonamides is 1. The number of nitrogens with zero attached hydrogens (tertiary/aromatic N) is 3. The van der Waals surface area contributed by atoms with Crippen LogP contribution < -0.4 is 0 Å². The van der Waals surface area contributed by atoms with Gasteiger partial charge in [-0.2, -0.15) is 0 Å². The first kappa shape index (κ1) is 16.8. The molecule has 2 unspecified atom stereocenters. The maximum atomic E-state index is 11.9. The molecular formula is C14H21N3O4S2. The maximum absolute atomic E-state index is 11.9. The summed E-state index contributed by atoms with van der Waals surface area (Å²) in [6.45, 7) is 3.20. The van der Waals surface area contributed by atoms with Crippen LogP contribution in [0.3, 0.4) is 0 Å². The Morgan fingerprint density at radius 2 is 2.26 bits per heavy atom. The van der Waals surface area contributed by atoms with Gasteiger partial charge in [-0.15, -0.1) is 11.3 Å². The van der Waals surface area contributed by atoms with Gasteiger partial charge in [0.25, 0.3) is 0 Å². The van der Waals surface area contributed by atoms with Gasteiger partial charge in [0.15, 0.2) is 0 Å². The maximum Gasteiger partial charge on any atom is 0.303 e. The summed E-state index contributed by atoms with van der Waals surface area (Å²) < 4.78 is 25.3. The van der Waals surface area contributed by atoms with Crippen LogP contribution >= 0.6 is 11.3 Å². The lowest BCUT2D eigenvalue weighted by Gasteiger charge is -2.28. The highest BCUT2D eigenvalue weighted by atomic mass is 32.2. The molecule has 0 aromatic carbocycles. The largest absolute Gasteiger partial charge is 0.481 e. The lowest BCUT2D eigenvalue weighted by atomic mass is 9.77. The van der Waals surface area contributed by atoms with E-state index in [1.165, 1.54) is 10.6 Å². The number of carbonyl (C=O) groups is 1. The molecule has 2 atom stereocenters. The fourth-order valence-corrected chi connectivity index (χ4v) is 5.45. The highest BCUT2D eigenvalue weighted by Gasteiger charge is 2.53. The van der Waals surface area contributed by atoms with Gasteiger partial charge < -0.3 is 5.11 Å². The van der Waals surface area contributed by atoms with Gasteiger partial charge in [0.1, 0.15) is 5.01 Å². The third-order valence-electron chi connectivity index (χ3n) is 4.95. The molecule has 1 N–H and O–H groups in total. The summed E-state index contributed by atoms with van der Waals surface area (Å²) in [5, 5.41) is 12.0. The van der Waals surface area contributed by atoms with E-state index < -0.39 is 16.0 Å². The zero-order chi connectivity index (χ0) is 16.7. The third kappa shape index (κ3) is 3.57. The molecule has 2 saturated heterocycles. The van der Waals surface area contributed by atoms with Crippen LogP contribution in [-0.2, 0) is 21.4 Å². The van der Waals surface area contributed by atoms with Crippen molar-refractivity contribution in [2.45, 2.75) is 19.4 Å². The molecule has 3 rings (SSSR count). The average molecular weight is 359 g/mol. The van der Waals surface area contributed by atoms with Crippen LogP contribution in [0.4, 0.5) is 0 Å². The number of hydrogen-bond donors (Lipinski definition) is 1. The normalized spacial score (nSPS) is 29.0. The van der Waals surface area contributed by atoms with Gasteiger partial charge in [-0.3, -0.25) is 9.69 Å². The number of aromatic nitrogens is 1. The number of thiazole rings is 1. The van der Waals surface area contributed by atoms with Crippen molar-refractivity contribution in [1.29, 1.82) is 0 Å². The first-order chi connectivity index (χ1) is 10.8. The standard InChI is InChI=1S/C14H21N3O4S2/c1-23(20,21)17-7-11-6-16(8-12-15-4-5-22-12)9-14(11,10-17)3-2-13(18)19/h4-5,11H,2-3,6-10H2,1H3,(H,18,19). The minimum absolute atomic E-state index is 0.0825. The first-order valence-electron chi connectivity index (χ1n) is 7.56. The summed E-state index contributed by atoms with van der Waals surface area (Å²) in [5.74, 6) is -0.633. The van der Waals surface area contributed by atoms with Crippen molar-refractivity contribution in [2.75, 3.05) is 32.4 Å². The van der Waals surface area contributed by atoms with Gasteiger partial charge in [-0.05, 0) is 12.3 Å². The summed E-state index contributed by atoms with van der Waals surface area (Å²) in [4.78, 5) is 17.6. The highest BCUT2D eigenvalue weighted by Crippen LogP contribution is 2.46. The predicted molar refractivity (Wildman–Crippen MR) is 86.6 cm³/mol. The van der Waals surface area contributed by atoms with Crippen molar-refractivity contribution >= 4 is 27.3 Å². The molecule has 9 heteroatoms. The van der Waals surface area contributed by atoms with Gasteiger partial charge >= 0.3 is 5.97 Å². The van der Waals surface area contributed by atoms with Crippen molar-refractivity contribution in [3.8, 4) is 0 Å². The van der Waals surface area contributed by atoms with Crippen LogP contribution in [0.25, 0.3) is 0 Å². The second-order valence-corrected chi connectivity index (χ2v) is 9.57. The monoisotopic (exact) mass is 359 g/mol. The fourth-order valence-electron chi connectivity index (χ4n) is 3.85. The number of rotatable bonds is 6. The Labute approximate surface area is 140 Å². The smallest absolute Gasteiger partial charge is 0.303 e. The Kier molecular flexibility index (Phi) is 4.47. The van der Waals surface area contributed by atoms with Gasteiger partial charge in [-0.25, -0.2) is 17.7 Å². The van der Waals surface area contributed by atoms with Crippen LogP contribution in [0.2, 0.25) is 0 Å². The molecule has 2 fully saturated rings. The molecule has 128 valence electrons. The Balaban J connectivity index is 1.75. The predicted octanol–water partition coefficient (Wildman–Crippen LogP) is 0.701. The van der Waals surface area contributed by atoms with E-state index in [0.717, 1.165) is 24.6 Å². The summed E-state index contributed by atoms with van der Waals surface area (Å²) >= 11 is 1.61. The number of hydrogen-bond acceptors (Lipinski definition) is 6. The molecule has 2 aliphatic heterocycles. The molecule has 0 aliphatic carbocycles. The summed E-state index contributed by atoms with van der Waals surface area (Å²) in [6, 6.07) is 0. The molecule has 1 aromatic rings. The summed E-state index contributed by atoms with van der Waals surface area (Å²) in [6.07, 6.45) is 3.61. The van der Waals surface area contributed by atoms with Crippen LogP contribution in [0.15, 0.2) is 11.6 Å². The number of fused-ring (bicyclic) bond motifs is 1. The first-order valence-corrected chi connectivity index (χ1v) is 10.3. The number of aliphatic carboxylic acids is 1. The zero-order valence-corrected chi connectivity index (χ0v) is 14.6. The highest BCUT2D eigenvalue weighted by molar-refractivity contribution is 7.88. The molecule has 1 aromatic heterocycles. The number of carboxylic acids is 1. The molecule has 0 bridgehead atoms. The quantitative estimate of drug-likeness (QED) is 0.804. The molecule has 0 saturated carbocycles. The lowest BCUT2D eigenvalue weighted by molar-refractivity contribution is -0.137. The van der Waals surface area contributed by atoms with E-state index in [0.29, 0.717) is 19.5 Å². The van der Waals surface area contributed by atoms with Gasteiger partial charge in [0, 0.05) is 49.6 Å². The second-order valence-electron chi connectivity index (χ2n) is 6.60. The van der Waals surface area contributed by atoms with E-state index in [2.05, 4.69) is 9.88 Å². The number of likely N-dealkylation sites (tertiary alicyclic amines) is 1. The topological polar surface area (TPSA) is 90.8 Å². The zero-order valence-electron chi connectivity index (χ0n) is 13.0. The molecule has 3 heterocycles. The number of carboxylic acid groups (broad SMARTS) is 1. The Morgan fingerprint density at radius 1 is 1.48 bits per heavy atom. The minimum Gasteiger partial charge on any atom is -0.481 e. The fraction of sp³-hybridized carbons (Fsp3) is 0.714. The van der Waals surface area contributed by atoms with Crippen LogP contribution in [0.5, 0.6) is 0 Å². The van der Waals surface area contributed by atoms with E-state index in [1.807, 2.05) is 5.38 Å². The average Bonchev–Trinajstić information content (AvgIpc) is 3.10. The minimum atomic E-state index is -3.23. The van der Waals surface area contributed by atoms with E-state index >= 15 is 0 Å². The van der Waals surface area contributed by atoms with Crippen molar-refractivity contribution in [3.05, 3.63) is 16.6 Å². The van der Waals surface area contributed by atoms with Crippen molar-refractivity contribution < 1.29 is 18.3 Å².